The Morgan fingerprint density at radius 2 is 1.27 bits per heavy atom. The van der Waals surface area contributed by atoms with Crippen LogP contribution in [0.15, 0.2) is 72.8 Å². The van der Waals surface area contributed by atoms with Crippen molar-refractivity contribution in [2.45, 2.75) is 51.4 Å². The van der Waals surface area contributed by atoms with Crippen molar-refractivity contribution in [2.24, 2.45) is 0 Å². The summed E-state index contributed by atoms with van der Waals surface area (Å²) >= 11 is 0. The van der Waals surface area contributed by atoms with Crippen molar-refractivity contribution in [1.82, 2.24) is 0 Å². The highest BCUT2D eigenvalue weighted by Crippen LogP contribution is 2.25. The van der Waals surface area contributed by atoms with Gasteiger partial charge in [-0.25, -0.2) is 4.39 Å². The number of hydrogen-bond donors (Lipinski definition) is 0. The van der Waals surface area contributed by atoms with E-state index in [1.54, 1.807) is 13.2 Å². The average Bonchev–Trinajstić information content (AvgIpc) is 2.90. The van der Waals surface area contributed by atoms with E-state index in [9.17, 15) is 17.6 Å². The predicted octanol–water partition coefficient (Wildman–Crippen LogP) is 8.72. The number of benzene rings is 3. The summed E-state index contributed by atoms with van der Waals surface area (Å²) in [5, 5.41) is 0. The third kappa shape index (κ3) is 9.36. The van der Waals surface area contributed by atoms with Gasteiger partial charge in [-0.05, 0) is 84.9 Å². The Labute approximate surface area is 216 Å². The van der Waals surface area contributed by atoms with E-state index in [-0.39, 0.29) is 5.75 Å². The van der Waals surface area contributed by atoms with Gasteiger partial charge < -0.3 is 9.47 Å². The maximum atomic E-state index is 14.6. The third-order valence-corrected chi connectivity index (χ3v) is 6.28. The van der Waals surface area contributed by atoms with Gasteiger partial charge in [0.15, 0.2) is 11.6 Å². The molecule has 0 aliphatic heterocycles. The van der Waals surface area contributed by atoms with Crippen molar-refractivity contribution >= 4 is 0 Å². The van der Waals surface area contributed by atoms with E-state index >= 15 is 0 Å². The van der Waals surface area contributed by atoms with E-state index in [1.165, 1.54) is 6.07 Å². The van der Waals surface area contributed by atoms with Crippen LogP contribution in [0.25, 0.3) is 11.1 Å². The van der Waals surface area contributed by atoms with Crippen LogP contribution in [-0.4, -0.2) is 20.3 Å². The van der Waals surface area contributed by atoms with Crippen LogP contribution < -0.4 is 4.74 Å². The molecule has 198 valence electrons. The van der Waals surface area contributed by atoms with E-state index in [4.69, 9.17) is 9.47 Å². The molecule has 0 bridgehead atoms. The lowest BCUT2D eigenvalue weighted by atomic mass is 9.99. The number of allylic oxidation sites excluding steroid dienone is 1. The van der Waals surface area contributed by atoms with Gasteiger partial charge in [-0.2, -0.15) is 13.2 Å². The monoisotopic (exact) mass is 514 g/mol. The second-order valence-electron chi connectivity index (χ2n) is 9.03. The molecular formula is C31H34F4O2. The first-order chi connectivity index (χ1) is 18.0. The van der Waals surface area contributed by atoms with Crippen molar-refractivity contribution < 1.29 is 27.0 Å². The fourth-order valence-corrected chi connectivity index (χ4v) is 4.12. The lowest BCUT2D eigenvalue weighted by Crippen LogP contribution is -2.04. The minimum absolute atomic E-state index is 0.0421. The van der Waals surface area contributed by atoms with E-state index in [1.807, 2.05) is 48.5 Å². The molecule has 0 spiro atoms. The number of hydrogen-bond acceptors (Lipinski definition) is 2. The summed E-state index contributed by atoms with van der Waals surface area (Å²) in [5.41, 5.74) is 4.41. The summed E-state index contributed by atoms with van der Waals surface area (Å²) in [6.07, 6.45) is 4.86. The molecule has 0 saturated heterocycles. The van der Waals surface area contributed by atoms with Gasteiger partial charge in [-0.1, -0.05) is 61.0 Å². The topological polar surface area (TPSA) is 18.5 Å². The molecular weight excluding hydrogens is 480 g/mol. The Balaban J connectivity index is 1.49. The highest BCUT2D eigenvalue weighted by atomic mass is 19.3. The summed E-state index contributed by atoms with van der Waals surface area (Å²) in [6, 6.07) is 18.9. The standard InChI is InChI=1S/C31H34F4O2/c1-36-21-4-2-3-5-22-37-28-20-19-27(30(34)31(28)35)18-13-24-11-16-26(17-12-24)25-14-9-23(10-15-25)7-6-8-29(32)33/h8-12,14-17,19-20H,2-7,13,18,21-22H2,1H3. The molecule has 0 aromatic heterocycles. The Bertz CT molecular complexity index is 1120. The first-order valence-electron chi connectivity index (χ1n) is 12.8. The Morgan fingerprint density at radius 1 is 0.676 bits per heavy atom. The molecule has 0 N–H and O–H groups in total. The molecule has 3 aromatic carbocycles. The molecule has 0 radical (unpaired) electrons. The maximum absolute atomic E-state index is 14.6. The Morgan fingerprint density at radius 3 is 1.86 bits per heavy atom. The number of aryl methyl sites for hydroxylation is 3. The molecule has 0 amide bonds. The summed E-state index contributed by atoms with van der Waals surface area (Å²) in [7, 11) is 1.67. The SMILES string of the molecule is COCCCCCCOc1ccc(CCc2ccc(-c3ccc(CCC=C(F)F)cc3)cc2)c(F)c1F. The first kappa shape index (κ1) is 28.5. The quantitative estimate of drug-likeness (QED) is 0.149. The summed E-state index contributed by atoms with van der Waals surface area (Å²) in [4.78, 5) is 0. The van der Waals surface area contributed by atoms with Crippen LogP contribution in [0.4, 0.5) is 17.6 Å². The molecule has 3 rings (SSSR count). The number of rotatable bonds is 15. The number of methoxy groups -OCH3 is 1. The molecule has 0 heterocycles. The van der Waals surface area contributed by atoms with E-state index in [0.29, 0.717) is 37.9 Å². The van der Waals surface area contributed by atoms with Crippen molar-refractivity contribution in [3.8, 4) is 16.9 Å². The zero-order chi connectivity index (χ0) is 26.5. The molecule has 0 saturated carbocycles. The second-order valence-corrected chi connectivity index (χ2v) is 9.03. The van der Waals surface area contributed by atoms with Crippen LogP contribution in [0.1, 0.15) is 48.8 Å². The number of unbranched alkanes of at least 4 members (excludes halogenated alkanes) is 3. The van der Waals surface area contributed by atoms with Crippen molar-refractivity contribution in [3.63, 3.8) is 0 Å². The van der Waals surface area contributed by atoms with Gasteiger partial charge in [0.2, 0.25) is 5.82 Å². The molecule has 6 heteroatoms. The van der Waals surface area contributed by atoms with Gasteiger partial charge >= 0.3 is 0 Å². The van der Waals surface area contributed by atoms with Gasteiger partial charge in [0.25, 0.3) is 6.08 Å². The minimum atomic E-state index is -1.65. The van der Waals surface area contributed by atoms with Crippen molar-refractivity contribution in [1.29, 1.82) is 0 Å². The molecule has 3 aromatic rings. The van der Waals surface area contributed by atoms with E-state index in [2.05, 4.69) is 0 Å². The third-order valence-electron chi connectivity index (χ3n) is 6.28. The number of ether oxygens (including phenoxy) is 2. The van der Waals surface area contributed by atoms with Crippen LogP contribution in [0.5, 0.6) is 5.75 Å². The molecule has 0 unspecified atom stereocenters. The lowest BCUT2D eigenvalue weighted by molar-refractivity contribution is 0.190. The molecule has 0 fully saturated rings. The van der Waals surface area contributed by atoms with E-state index in [0.717, 1.165) is 60.6 Å². The van der Waals surface area contributed by atoms with Crippen LogP contribution in [-0.2, 0) is 24.0 Å². The van der Waals surface area contributed by atoms with Gasteiger partial charge in [-0.15, -0.1) is 0 Å². The largest absolute Gasteiger partial charge is 0.490 e. The summed E-state index contributed by atoms with van der Waals surface area (Å²) in [5.74, 6) is -1.82. The molecule has 0 aliphatic carbocycles. The molecule has 37 heavy (non-hydrogen) atoms. The highest BCUT2D eigenvalue weighted by molar-refractivity contribution is 5.64. The van der Waals surface area contributed by atoms with Crippen molar-refractivity contribution in [2.75, 3.05) is 20.3 Å². The van der Waals surface area contributed by atoms with Gasteiger partial charge in [0.05, 0.1) is 6.61 Å². The zero-order valence-corrected chi connectivity index (χ0v) is 21.3. The molecule has 0 atom stereocenters. The zero-order valence-electron chi connectivity index (χ0n) is 21.3. The minimum Gasteiger partial charge on any atom is -0.490 e. The first-order valence-corrected chi connectivity index (χ1v) is 12.8. The fourth-order valence-electron chi connectivity index (χ4n) is 4.12. The normalized spacial score (nSPS) is 10.9. The smallest absolute Gasteiger partial charge is 0.266 e. The van der Waals surface area contributed by atoms with Crippen molar-refractivity contribution in [3.05, 3.63) is 101 Å². The average molecular weight is 515 g/mol. The highest BCUT2D eigenvalue weighted by Gasteiger charge is 2.14. The van der Waals surface area contributed by atoms with Crippen LogP contribution in [0, 0.1) is 11.6 Å². The summed E-state index contributed by atoms with van der Waals surface area (Å²) < 4.78 is 63.9. The fraction of sp³-hybridized carbons (Fsp3) is 0.355. The lowest BCUT2D eigenvalue weighted by Gasteiger charge is -2.11. The van der Waals surface area contributed by atoms with E-state index < -0.39 is 17.7 Å². The Kier molecular flexibility index (Phi) is 11.7. The van der Waals surface area contributed by atoms with Gasteiger partial charge in [-0.3, -0.25) is 0 Å². The summed E-state index contributed by atoms with van der Waals surface area (Å²) in [6.45, 7) is 1.09. The van der Waals surface area contributed by atoms with Crippen LogP contribution >= 0.6 is 0 Å². The molecule has 0 aliphatic rings. The molecule has 2 nitrogen and oxygen atoms in total. The van der Waals surface area contributed by atoms with Crippen LogP contribution in [0.2, 0.25) is 0 Å². The second kappa shape index (κ2) is 15.2. The van der Waals surface area contributed by atoms with Gasteiger partial charge in [0, 0.05) is 13.7 Å². The maximum Gasteiger partial charge on any atom is 0.266 e. The predicted molar refractivity (Wildman–Crippen MR) is 140 cm³/mol. The van der Waals surface area contributed by atoms with Gasteiger partial charge in [0.1, 0.15) is 0 Å². The Hall–Kier alpha value is -3.12. The number of halogens is 4. The van der Waals surface area contributed by atoms with Crippen LogP contribution in [0.3, 0.4) is 0 Å².